The predicted octanol–water partition coefficient (Wildman–Crippen LogP) is 3.10. The van der Waals surface area contributed by atoms with E-state index in [2.05, 4.69) is 17.9 Å². The Bertz CT molecular complexity index is 526. The molecule has 0 fully saturated rings. The van der Waals surface area contributed by atoms with Crippen molar-refractivity contribution >= 4 is 11.3 Å². The molecule has 0 saturated heterocycles. The maximum Gasteiger partial charge on any atom is 0.310 e. The summed E-state index contributed by atoms with van der Waals surface area (Å²) in [5.74, 6) is 0.324. The van der Waals surface area contributed by atoms with Crippen LogP contribution in [0.2, 0.25) is 0 Å². The highest BCUT2D eigenvalue weighted by Crippen LogP contribution is 2.32. The molecule has 0 spiro atoms. The summed E-state index contributed by atoms with van der Waals surface area (Å²) < 4.78 is 5.12. The molecule has 1 aromatic rings. The fourth-order valence-corrected chi connectivity index (χ4v) is 2.52. The minimum absolute atomic E-state index is 0.0141. The predicted molar refractivity (Wildman–Crippen MR) is 79.0 cm³/mol. The fraction of sp³-hybridized carbons (Fsp3) is 0.467. The SMILES string of the molecule is CCCN1CC=C(c2ccc([N+](=O)[O-])c(OC)c2)CC1. The van der Waals surface area contributed by atoms with E-state index in [1.807, 2.05) is 6.07 Å². The van der Waals surface area contributed by atoms with E-state index in [0.29, 0.717) is 5.75 Å². The van der Waals surface area contributed by atoms with Crippen molar-refractivity contribution < 1.29 is 9.66 Å². The number of ether oxygens (including phenoxy) is 1. The summed E-state index contributed by atoms with van der Waals surface area (Å²) in [7, 11) is 1.46. The van der Waals surface area contributed by atoms with Gasteiger partial charge in [-0.05, 0) is 42.7 Å². The molecule has 0 radical (unpaired) electrons. The zero-order chi connectivity index (χ0) is 14.5. The molecule has 0 aromatic heterocycles. The molecule has 0 unspecified atom stereocenters. The van der Waals surface area contributed by atoms with Crippen molar-refractivity contribution in [1.29, 1.82) is 0 Å². The maximum absolute atomic E-state index is 10.9. The Balaban J connectivity index is 2.20. The van der Waals surface area contributed by atoms with Gasteiger partial charge in [0.25, 0.3) is 0 Å². The maximum atomic E-state index is 10.9. The molecule has 0 N–H and O–H groups in total. The van der Waals surface area contributed by atoms with Crippen LogP contribution < -0.4 is 4.74 Å². The van der Waals surface area contributed by atoms with E-state index in [4.69, 9.17) is 4.74 Å². The van der Waals surface area contributed by atoms with Gasteiger partial charge in [-0.15, -0.1) is 0 Å². The minimum atomic E-state index is -0.416. The van der Waals surface area contributed by atoms with Gasteiger partial charge in [-0.2, -0.15) is 0 Å². The van der Waals surface area contributed by atoms with Crippen LogP contribution in [0.4, 0.5) is 5.69 Å². The molecule has 1 aliphatic rings. The highest BCUT2D eigenvalue weighted by Gasteiger charge is 2.18. The summed E-state index contributed by atoms with van der Waals surface area (Å²) in [6.45, 7) is 5.29. The lowest BCUT2D eigenvalue weighted by Crippen LogP contribution is -2.29. The Morgan fingerprint density at radius 3 is 2.80 bits per heavy atom. The van der Waals surface area contributed by atoms with Gasteiger partial charge < -0.3 is 4.74 Å². The zero-order valence-corrected chi connectivity index (χ0v) is 12.0. The Morgan fingerprint density at radius 2 is 2.25 bits per heavy atom. The second-order valence-electron chi connectivity index (χ2n) is 4.92. The topological polar surface area (TPSA) is 55.6 Å². The van der Waals surface area contributed by atoms with Crippen molar-refractivity contribution in [2.45, 2.75) is 19.8 Å². The van der Waals surface area contributed by atoms with Crippen LogP contribution in [-0.2, 0) is 0 Å². The summed E-state index contributed by atoms with van der Waals surface area (Å²) in [6.07, 6.45) is 4.34. The third-order valence-corrected chi connectivity index (χ3v) is 3.58. The molecule has 0 atom stereocenters. The first-order chi connectivity index (χ1) is 9.65. The molecule has 5 heteroatoms. The van der Waals surface area contributed by atoms with Crippen LogP contribution in [0.1, 0.15) is 25.3 Å². The first-order valence-corrected chi connectivity index (χ1v) is 6.90. The van der Waals surface area contributed by atoms with Crippen molar-refractivity contribution in [3.63, 3.8) is 0 Å². The summed E-state index contributed by atoms with van der Waals surface area (Å²) in [5.41, 5.74) is 2.27. The molecule has 1 aromatic carbocycles. The third-order valence-electron chi connectivity index (χ3n) is 3.58. The van der Waals surface area contributed by atoms with Crippen LogP contribution in [0.5, 0.6) is 5.75 Å². The monoisotopic (exact) mass is 276 g/mol. The van der Waals surface area contributed by atoms with E-state index >= 15 is 0 Å². The van der Waals surface area contributed by atoms with Crippen molar-refractivity contribution in [3.8, 4) is 5.75 Å². The van der Waals surface area contributed by atoms with Gasteiger partial charge in [0.1, 0.15) is 0 Å². The van der Waals surface area contributed by atoms with Crippen molar-refractivity contribution in [3.05, 3.63) is 40.0 Å². The largest absolute Gasteiger partial charge is 0.490 e. The van der Waals surface area contributed by atoms with Crippen molar-refractivity contribution in [2.24, 2.45) is 0 Å². The Kier molecular flexibility index (Phi) is 4.74. The second-order valence-corrected chi connectivity index (χ2v) is 4.92. The normalized spacial score (nSPS) is 15.8. The first-order valence-electron chi connectivity index (χ1n) is 6.90. The molecule has 0 aliphatic carbocycles. The van der Waals surface area contributed by atoms with Crippen LogP contribution in [0.3, 0.4) is 0 Å². The van der Waals surface area contributed by atoms with Gasteiger partial charge in [0.05, 0.1) is 12.0 Å². The number of hydrogen-bond donors (Lipinski definition) is 0. The van der Waals surface area contributed by atoms with Gasteiger partial charge in [-0.1, -0.05) is 13.0 Å². The lowest BCUT2D eigenvalue weighted by atomic mass is 9.99. The molecule has 2 rings (SSSR count). The van der Waals surface area contributed by atoms with Crippen LogP contribution in [-0.4, -0.2) is 36.6 Å². The van der Waals surface area contributed by atoms with Crippen LogP contribution in [0, 0.1) is 10.1 Å². The highest BCUT2D eigenvalue weighted by atomic mass is 16.6. The third kappa shape index (κ3) is 3.17. The molecule has 5 nitrogen and oxygen atoms in total. The van der Waals surface area contributed by atoms with Gasteiger partial charge in [0, 0.05) is 19.2 Å². The number of rotatable bonds is 5. The molecule has 20 heavy (non-hydrogen) atoms. The van der Waals surface area contributed by atoms with E-state index in [1.54, 1.807) is 6.07 Å². The van der Waals surface area contributed by atoms with Gasteiger partial charge in [0.2, 0.25) is 0 Å². The Hall–Kier alpha value is -1.88. The zero-order valence-electron chi connectivity index (χ0n) is 12.0. The van der Waals surface area contributed by atoms with Gasteiger partial charge in [-0.25, -0.2) is 0 Å². The lowest BCUT2D eigenvalue weighted by molar-refractivity contribution is -0.385. The summed E-state index contributed by atoms with van der Waals surface area (Å²) >= 11 is 0. The number of hydrogen-bond acceptors (Lipinski definition) is 4. The van der Waals surface area contributed by atoms with Crippen LogP contribution in [0.25, 0.3) is 5.57 Å². The van der Waals surface area contributed by atoms with E-state index in [1.165, 1.54) is 18.7 Å². The minimum Gasteiger partial charge on any atom is -0.490 e. The lowest BCUT2D eigenvalue weighted by Gasteiger charge is -2.26. The summed E-state index contributed by atoms with van der Waals surface area (Å²) in [5, 5.41) is 10.9. The van der Waals surface area contributed by atoms with Crippen LogP contribution >= 0.6 is 0 Å². The van der Waals surface area contributed by atoms with Gasteiger partial charge in [-0.3, -0.25) is 15.0 Å². The average molecular weight is 276 g/mol. The number of nitro groups is 1. The summed E-state index contributed by atoms with van der Waals surface area (Å²) in [4.78, 5) is 12.9. The molecule has 0 bridgehead atoms. The van der Waals surface area contributed by atoms with Gasteiger partial charge in [0.15, 0.2) is 5.75 Å². The fourth-order valence-electron chi connectivity index (χ4n) is 2.52. The van der Waals surface area contributed by atoms with Crippen LogP contribution in [0.15, 0.2) is 24.3 Å². The van der Waals surface area contributed by atoms with Crippen molar-refractivity contribution in [1.82, 2.24) is 4.90 Å². The number of nitrogens with zero attached hydrogens (tertiary/aromatic N) is 2. The van der Waals surface area contributed by atoms with Gasteiger partial charge >= 0.3 is 5.69 Å². The Labute approximate surface area is 119 Å². The molecule has 108 valence electrons. The quantitative estimate of drug-likeness (QED) is 0.612. The molecule has 0 amide bonds. The molecule has 1 aliphatic heterocycles. The molecular weight excluding hydrogens is 256 g/mol. The number of methoxy groups -OCH3 is 1. The average Bonchev–Trinajstić information content (AvgIpc) is 2.47. The molecule has 1 heterocycles. The number of benzene rings is 1. The van der Waals surface area contributed by atoms with E-state index < -0.39 is 4.92 Å². The summed E-state index contributed by atoms with van der Waals surface area (Å²) in [6, 6.07) is 5.09. The standard InChI is InChI=1S/C15H20N2O3/c1-3-8-16-9-6-12(7-10-16)13-4-5-14(17(18)19)15(11-13)20-2/h4-6,11H,3,7-10H2,1-2H3. The first kappa shape index (κ1) is 14.5. The van der Waals surface area contributed by atoms with Crippen molar-refractivity contribution in [2.75, 3.05) is 26.7 Å². The highest BCUT2D eigenvalue weighted by molar-refractivity contribution is 5.69. The Morgan fingerprint density at radius 1 is 1.45 bits per heavy atom. The second kappa shape index (κ2) is 6.52. The van der Waals surface area contributed by atoms with E-state index in [0.717, 1.165) is 38.0 Å². The van der Waals surface area contributed by atoms with E-state index in [-0.39, 0.29) is 5.69 Å². The smallest absolute Gasteiger partial charge is 0.310 e. The van der Waals surface area contributed by atoms with E-state index in [9.17, 15) is 10.1 Å². The number of nitro benzene ring substituents is 1. The molecule has 0 saturated carbocycles. The molecular formula is C15H20N2O3.